The largest absolute Gasteiger partial charge is 0.416 e. The van der Waals surface area contributed by atoms with E-state index in [4.69, 9.17) is 4.52 Å². The molecule has 1 aromatic heterocycles. The average molecular weight is 379 g/mol. The molecular formula is C19H20F3N3O2. The Kier molecular flexibility index (Phi) is 4.57. The number of hydrogen-bond donors (Lipinski definition) is 0. The zero-order chi connectivity index (χ0) is 19.0. The molecule has 2 heterocycles. The van der Waals surface area contributed by atoms with E-state index >= 15 is 0 Å². The van der Waals surface area contributed by atoms with Crippen LogP contribution in [0.5, 0.6) is 0 Å². The molecule has 1 saturated heterocycles. The topological polar surface area (TPSA) is 49.6 Å². The maximum absolute atomic E-state index is 12.9. The van der Waals surface area contributed by atoms with Crippen LogP contribution in [-0.2, 0) is 19.0 Å². The van der Waals surface area contributed by atoms with Gasteiger partial charge in [0.1, 0.15) is 5.76 Å². The molecule has 0 spiro atoms. The normalized spacial score (nSPS) is 17.7. The first kappa shape index (κ1) is 17.9. The fourth-order valence-corrected chi connectivity index (χ4v) is 3.75. The zero-order valence-electron chi connectivity index (χ0n) is 14.8. The molecule has 27 heavy (non-hydrogen) atoms. The van der Waals surface area contributed by atoms with E-state index in [0.717, 1.165) is 49.1 Å². The molecule has 0 N–H and O–H groups in total. The van der Waals surface area contributed by atoms with Crippen molar-refractivity contribution < 1.29 is 22.5 Å². The minimum absolute atomic E-state index is 0.148. The molecule has 8 heteroatoms. The van der Waals surface area contributed by atoms with Crippen LogP contribution in [0, 0.1) is 0 Å². The lowest BCUT2D eigenvalue weighted by Gasteiger charge is -2.36. The van der Waals surface area contributed by atoms with Gasteiger partial charge in [0.2, 0.25) is 0 Å². The Hall–Kier alpha value is -2.51. The number of amides is 1. The Balaban J connectivity index is 1.43. The highest BCUT2D eigenvalue weighted by atomic mass is 19.4. The van der Waals surface area contributed by atoms with Crippen molar-refractivity contribution in [3.05, 3.63) is 46.8 Å². The molecule has 5 nitrogen and oxygen atoms in total. The molecule has 2 aromatic rings. The van der Waals surface area contributed by atoms with Gasteiger partial charge in [-0.25, -0.2) is 0 Å². The van der Waals surface area contributed by atoms with E-state index < -0.39 is 11.7 Å². The Morgan fingerprint density at radius 2 is 1.81 bits per heavy atom. The van der Waals surface area contributed by atoms with Crippen LogP contribution in [0.3, 0.4) is 0 Å². The number of fused-ring (bicyclic) bond motifs is 1. The van der Waals surface area contributed by atoms with Crippen LogP contribution in [0.2, 0.25) is 0 Å². The summed E-state index contributed by atoms with van der Waals surface area (Å²) in [6.45, 7) is 1.84. The third-order valence-corrected chi connectivity index (χ3v) is 5.26. The Bertz CT molecular complexity index is 839. The highest BCUT2D eigenvalue weighted by Gasteiger charge is 2.32. The summed E-state index contributed by atoms with van der Waals surface area (Å²) in [5, 5.41) is 3.98. The smallest absolute Gasteiger partial charge is 0.368 e. The number of anilines is 1. The third kappa shape index (κ3) is 3.52. The minimum Gasteiger partial charge on any atom is -0.368 e. The van der Waals surface area contributed by atoms with Crippen molar-refractivity contribution >= 4 is 11.6 Å². The van der Waals surface area contributed by atoms with Crippen molar-refractivity contribution in [2.45, 2.75) is 31.9 Å². The predicted octanol–water partition coefficient (Wildman–Crippen LogP) is 3.53. The molecule has 1 aliphatic heterocycles. The maximum atomic E-state index is 12.9. The number of carbonyl (C=O) groups excluding carboxylic acids is 1. The van der Waals surface area contributed by atoms with Crippen LogP contribution in [0.15, 0.2) is 28.8 Å². The number of benzene rings is 1. The highest BCUT2D eigenvalue weighted by molar-refractivity contribution is 5.94. The van der Waals surface area contributed by atoms with Gasteiger partial charge in [-0.1, -0.05) is 11.2 Å². The maximum Gasteiger partial charge on any atom is 0.416 e. The van der Waals surface area contributed by atoms with E-state index in [1.165, 1.54) is 6.07 Å². The molecule has 0 bridgehead atoms. The van der Waals surface area contributed by atoms with Gasteiger partial charge >= 0.3 is 6.18 Å². The van der Waals surface area contributed by atoms with Crippen LogP contribution in [-0.4, -0.2) is 42.1 Å². The van der Waals surface area contributed by atoms with E-state index in [0.29, 0.717) is 37.6 Å². The quantitative estimate of drug-likeness (QED) is 0.801. The first-order chi connectivity index (χ1) is 12.9. The van der Waals surface area contributed by atoms with Gasteiger partial charge in [0.05, 0.1) is 5.56 Å². The number of aryl methyl sites for hydroxylation is 1. The second kappa shape index (κ2) is 6.90. The zero-order valence-corrected chi connectivity index (χ0v) is 14.8. The molecular weight excluding hydrogens is 359 g/mol. The molecule has 0 radical (unpaired) electrons. The number of carbonyl (C=O) groups is 1. The summed E-state index contributed by atoms with van der Waals surface area (Å²) in [5.41, 5.74) is 1.19. The molecule has 2 aliphatic rings. The van der Waals surface area contributed by atoms with Gasteiger partial charge in [0.25, 0.3) is 5.91 Å². The number of nitrogens with zero attached hydrogens (tertiary/aromatic N) is 3. The molecule has 144 valence electrons. The van der Waals surface area contributed by atoms with Gasteiger partial charge < -0.3 is 14.3 Å². The van der Waals surface area contributed by atoms with Gasteiger partial charge in [-0.2, -0.15) is 13.2 Å². The number of halogens is 3. The van der Waals surface area contributed by atoms with E-state index in [1.54, 1.807) is 11.0 Å². The summed E-state index contributed by atoms with van der Waals surface area (Å²) < 4.78 is 44.1. The number of aromatic nitrogens is 1. The number of alkyl halides is 3. The number of piperazine rings is 1. The molecule has 0 unspecified atom stereocenters. The van der Waals surface area contributed by atoms with Crippen LogP contribution in [0.25, 0.3) is 0 Å². The summed E-state index contributed by atoms with van der Waals surface area (Å²) in [6, 6.07) is 5.31. The van der Waals surface area contributed by atoms with Crippen LogP contribution in [0.4, 0.5) is 18.9 Å². The average Bonchev–Trinajstić information content (AvgIpc) is 3.11. The fraction of sp³-hybridized carbons (Fsp3) is 0.474. The van der Waals surface area contributed by atoms with Crippen molar-refractivity contribution in [1.29, 1.82) is 0 Å². The number of hydrogen-bond acceptors (Lipinski definition) is 4. The molecule has 1 aliphatic carbocycles. The summed E-state index contributed by atoms with van der Waals surface area (Å²) in [7, 11) is 0. The summed E-state index contributed by atoms with van der Waals surface area (Å²) >= 11 is 0. The second-order valence-corrected chi connectivity index (χ2v) is 6.97. The van der Waals surface area contributed by atoms with Crippen LogP contribution >= 0.6 is 0 Å². The SMILES string of the molecule is O=C(c1noc2c1CCCC2)N1CCN(c2cccc(C(F)(F)F)c2)CC1. The van der Waals surface area contributed by atoms with Crippen molar-refractivity contribution in [1.82, 2.24) is 10.1 Å². The van der Waals surface area contributed by atoms with Gasteiger partial charge in [0.15, 0.2) is 5.69 Å². The van der Waals surface area contributed by atoms with Gasteiger partial charge in [-0.15, -0.1) is 0 Å². The van der Waals surface area contributed by atoms with E-state index in [9.17, 15) is 18.0 Å². The van der Waals surface area contributed by atoms with E-state index in [-0.39, 0.29) is 5.91 Å². The summed E-state index contributed by atoms with van der Waals surface area (Å²) in [6.07, 6.45) is -0.661. The molecule has 0 atom stereocenters. The van der Waals surface area contributed by atoms with Crippen molar-refractivity contribution in [3.8, 4) is 0 Å². The highest BCUT2D eigenvalue weighted by Crippen LogP contribution is 2.32. The molecule has 1 fully saturated rings. The van der Waals surface area contributed by atoms with Gasteiger partial charge in [0, 0.05) is 43.9 Å². The molecule has 1 aromatic carbocycles. The van der Waals surface area contributed by atoms with Gasteiger partial charge in [-0.05, 0) is 37.5 Å². The minimum atomic E-state index is -4.36. The van der Waals surface area contributed by atoms with E-state index in [1.807, 2.05) is 4.90 Å². The number of rotatable bonds is 2. The van der Waals surface area contributed by atoms with E-state index in [2.05, 4.69) is 5.16 Å². The lowest BCUT2D eigenvalue weighted by atomic mass is 9.96. The Morgan fingerprint density at radius 3 is 2.56 bits per heavy atom. The Labute approximate surface area is 154 Å². The van der Waals surface area contributed by atoms with Gasteiger partial charge in [-0.3, -0.25) is 4.79 Å². The summed E-state index contributed by atoms with van der Waals surface area (Å²) in [4.78, 5) is 16.4. The predicted molar refractivity (Wildman–Crippen MR) is 92.7 cm³/mol. The molecule has 4 rings (SSSR count). The first-order valence-corrected chi connectivity index (χ1v) is 9.12. The molecule has 0 saturated carbocycles. The lowest BCUT2D eigenvalue weighted by molar-refractivity contribution is -0.137. The lowest BCUT2D eigenvalue weighted by Crippen LogP contribution is -2.49. The second-order valence-electron chi connectivity index (χ2n) is 6.97. The molecule has 1 amide bonds. The first-order valence-electron chi connectivity index (χ1n) is 9.12. The third-order valence-electron chi connectivity index (χ3n) is 5.26. The monoisotopic (exact) mass is 379 g/mol. The van der Waals surface area contributed by atoms with Crippen molar-refractivity contribution in [2.24, 2.45) is 0 Å². The van der Waals surface area contributed by atoms with Crippen molar-refractivity contribution in [3.63, 3.8) is 0 Å². The van der Waals surface area contributed by atoms with Crippen LogP contribution < -0.4 is 4.90 Å². The standard InChI is InChI=1S/C19H20F3N3O2/c20-19(21,22)13-4-3-5-14(12-13)24-8-10-25(11-9-24)18(26)17-15-6-1-2-7-16(15)27-23-17/h3-5,12H,1-2,6-11H2. The summed E-state index contributed by atoms with van der Waals surface area (Å²) in [5.74, 6) is 0.665. The Morgan fingerprint density at radius 1 is 1.07 bits per heavy atom. The fourth-order valence-electron chi connectivity index (χ4n) is 3.75. The van der Waals surface area contributed by atoms with Crippen LogP contribution in [0.1, 0.15) is 40.2 Å². The van der Waals surface area contributed by atoms with Crippen molar-refractivity contribution in [2.75, 3.05) is 31.1 Å².